The highest BCUT2D eigenvalue weighted by molar-refractivity contribution is 7.97. The highest BCUT2D eigenvalue weighted by Gasteiger charge is 2.34. The Labute approximate surface area is 411 Å². The first kappa shape index (κ1) is 52.6. The number of esters is 3. The second kappa shape index (κ2) is 21.5. The molecule has 6 rings (SSSR count). The van der Waals surface area contributed by atoms with Gasteiger partial charge in [0.2, 0.25) is 0 Å². The topological polar surface area (TPSA) is 107 Å². The van der Waals surface area contributed by atoms with E-state index in [1.165, 1.54) is 36.4 Å². The van der Waals surface area contributed by atoms with Gasteiger partial charge in [-0.2, -0.15) is 0 Å². The van der Waals surface area contributed by atoms with E-state index in [1.807, 2.05) is 77.9 Å². The van der Waals surface area contributed by atoms with E-state index >= 15 is 0 Å². The van der Waals surface area contributed by atoms with Crippen LogP contribution in [0.4, 0.5) is 13.2 Å². The average molecular weight is 978 g/mol. The molecule has 9 nitrogen and oxygen atoms in total. The minimum atomic E-state index is -1.10. The Balaban J connectivity index is 1.28. The minimum absolute atomic E-state index is 0.378. The first-order valence-corrected chi connectivity index (χ1v) is 24.0. The van der Waals surface area contributed by atoms with E-state index in [0.29, 0.717) is 33.9 Å². The molecule has 0 fully saturated rings. The number of ether oxygens (including phenoxy) is 6. The molecular formula is C57H60F3O9S+. The fraction of sp³-hybridized carbons (Fsp3) is 0.316. The van der Waals surface area contributed by atoms with E-state index in [4.69, 9.17) is 28.4 Å². The fourth-order valence-corrected chi connectivity index (χ4v) is 10.9. The lowest BCUT2D eigenvalue weighted by atomic mass is 9.98. The first-order valence-electron chi connectivity index (χ1n) is 22.7. The lowest BCUT2D eigenvalue weighted by molar-refractivity contribution is -0.160. The molecule has 70 heavy (non-hydrogen) atoms. The molecule has 0 aliphatic carbocycles. The molecule has 0 radical (unpaired) electrons. The van der Waals surface area contributed by atoms with Crippen LogP contribution < -0.4 is 14.2 Å². The van der Waals surface area contributed by atoms with E-state index in [1.54, 1.807) is 77.9 Å². The predicted molar refractivity (Wildman–Crippen MR) is 263 cm³/mol. The fourth-order valence-electron chi connectivity index (χ4n) is 8.28. The molecule has 0 aromatic heterocycles. The van der Waals surface area contributed by atoms with Gasteiger partial charge < -0.3 is 28.4 Å². The Morgan fingerprint density at radius 1 is 0.400 bits per heavy atom. The van der Waals surface area contributed by atoms with Gasteiger partial charge in [0.15, 0.2) is 34.5 Å². The zero-order valence-corrected chi connectivity index (χ0v) is 42.5. The van der Waals surface area contributed by atoms with E-state index in [2.05, 4.69) is 0 Å². The summed E-state index contributed by atoms with van der Waals surface area (Å²) in [6, 6.07) is 29.8. The van der Waals surface area contributed by atoms with Crippen molar-refractivity contribution in [3.05, 3.63) is 177 Å². The largest absolute Gasteiger partial charge is 0.481 e. The second-order valence-corrected chi connectivity index (χ2v) is 20.8. The molecule has 0 amide bonds. The van der Waals surface area contributed by atoms with Crippen molar-refractivity contribution < 1.29 is 56.0 Å². The zero-order valence-electron chi connectivity index (χ0n) is 41.7. The summed E-state index contributed by atoms with van der Waals surface area (Å²) in [6.45, 7) is 20.4. The molecule has 0 heterocycles. The molecule has 0 spiro atoms. The molecular weight excluding hydrogens is 918 g/mol. The zero-order chi connectivity index (χ0) is 51.3. The molecule has 0 saturated heterocycles. The number of rotatable bonds is 18. The highest BCUT2D eigenvalue weighted by atomic mass is 32.2. The Bertz CT molecular complexity index is 2540. The molecule has 0 bridgehead atoms. The lowest BCUT2D eigenvalue weighted by Crippen LogP contribution is -2.29. The van der Waals surface area contributed by atoms with Gasteiger partial charge in [0.25, 0.3) is 0 Å². The maximum Gasteiger partial charge on any atom is 0.345 e. The molecule has 13 heteroatoms. The number of benzene rings is 6. The molecule has 0 atom stereocenters. The third kappa shape index (κ3) is 12.9. The summed E-state index contributed by atoms with van der Waals surface area (Å²) in [7, 11) is -0.782. The van der Waals surface area contributed by atoms with Crippen molar-refractivity contribution in [2.24, 2.45) is 0 Å². The van der Waals surface area contributed by atoms with E-state index < -0.39 is 63.1 Å². The smallest absolute Gasteiger partial charge is 0.345 e. The van der Waals surface area contributed by atoms with Crippen LogP contribution in [0.3, 0.4) is 0 Å². The van der Waals surface area contributed by atoms with Crippen molar-refractivity contribution in [1.82, 2.24) is 0 Å². The van der Waals surface area contributed by atoms with Crippen LogP contribution in [0.15, 0.2) is 124 Å². The van der Waals surface area contributed by atoms with Crippen LogP contribution in [-0.4, -0.2) is 37.7 Å². The van der Waals surface area contributed by atoms with Crippen LogP contribution in [0.2, 0.25) is 0 Å². The van der Waals surface area contributed by atoms with Crippen molar-refractivity contribution in [3.63, 3.8) is 0 Å². The van der Waals surface area contributed by atoms with Gasteiger partial charge in [-0.05, 0) is 170 Å². The van der Waals surface area contributed by atoms with E-state index in [9.17, 15) is 27.6 Å². The summed E-state index contributed by atoms with van der Waals surface area (Å²) in [5, 5.41) is 0. The number of carbonyl (C=O) groups excluding carboxylic acids is 3. The number of halogens is 3. The van der Waals surface area contributed by atoms with Crippen LogP contribution in [-0.2, 0) is 56.3 Å². The van der Waals surface area contributed by atoms with Crippen molar-refractivity contribution in [3.8, 4) is 17.2 Å². The summed E-state index contributed by atoms with van der Waals surface area (Å²) >= 11 is 0. The van der Waals surface area contributed by atoms with E-state index in [-0.39, 0.29) is 19.8 Å². The summed E-state index contributed by atoms with van der Waals surface area (Å²) in [4.78, 5) is 42.2. The van der Waals surface area contributed by atoms with Crippen molar-refractivity contribution in [2.45, 2.75) is 115 Å². The van der Waals surface area contributed by atoms with Gasteiger partial charge in [0, 0.05) is 36.4 Å². The van der Waals surface area contributed by atoms with Gasteiger partial charge in [0.05, 0.1) is 10.9 Å². The Hall–Kier alpha value is -6.73. The number of hydrogen-bond donors (Lipinski definition) is 0. The van der Waals surface area contributed by atoms with Crippen LogP contribution >= 0.6 is 0 Å². The van der Waals surface area contributed by atoms with Gasteiger partial charge in [-0.15, -0.1) is 0 Å². The average Bonchev–Trinajstić information content (AvgIpc) is 3.25. The van der Waals surface area contributed by atoms with Gasteiger partial charge in [-0.3, -0.25) is 0 Å². The van der Waals surface area contributed by atoms with Crippen molar-refractivity contribution in [1.29, 1.82) is 0 Å². The molecule has 0 saturated carbocycles. The third-order valence-electron chi connectivity index (χ3n) is 11.7. The number of aryl methyl sites for hydroxylation is 6. The van der Waals surface area contributed by atoms with Crippen molar-refractivity contribution >= 4 is 28.8 Å². The molecule has 0 aliphatic rings. The second-order valence-electron chi connectivity index (χ2n) is 18.8. The Kier molecular flexibility index (Phi) is 16.2. The lowest BCUT2D eigenvalue weighted by Gasteiger charge is -2.26. The number of hydrogen-bond acceptors (Lipinski definition) is 9. The Morgan fingerprint density at radius 3 is 0.843 bits per heavy atom. The Morgan fingerprint density at radius 2 is 0.629 bits per heavy atom. The first-order chi connectivity index (χ1) is 32.8. The maximum absolute atomic E-state index is 14.0. The highest BCUT2D eigenvalue weighted by Crippen LogP contribution is 2.41. The summed E-state index contributed by atoms with van der Waals surface area (Å²) < 4.78 is 77.6. The molecule has 0 aliphatic heterocycles. The van der Waals surface area contributed by atoms with Crippen LogP contribution in [0, 0.1) is 59.0 Å². The van der Waals surface area contributed by atoms with Gasteiger partial charge >= 0.3 is 17.9 Å². The summed E-state index contributed by atoms with van der Waals surface area (Å²) in [5.74, 6) is -1.62. The number of carbonyl (C=O) groups is 3. The van der Waals surface area contributed by atoms with Crippen LogP contribution in [0.5, 0.6) is 17.2 Å². The van der Waals surface area contributed by atoms with E-state index in [0.717, 1.165) is 48.1 Å². The SMILES string of the molecule is Cc1cc([S+](c2cc(C)c(OCC(=O)OC(C)(C)c3cccc(F)c3)c(C)c2)c2cc(C)c(OCC(=O)OC(C)(C)c3cccc(F)c3)c(C)c2)cc(C)c1OCC(=O)OC(C)(C)c1cccc(F)c1. The van der Waals surface area contributed by atoms with Gasteiger partial charge in [-0.25, -0.2) is 27.6 Å². The minimum Gasteiger partial charge on any atom is -0.481 e. The predicted octanol–water partition coefficient (Wildman–Crippen LogP) is 12.6. The third-order valence-corrected chi connectivity index (χ3v) is 13.8. The monoisotopic (exact) mass is 977 g/mol. The summed E-state index contributed by atoms with van der Waals surface area (Å²) in [6.07, 6.45) is 0. The van der Waals surface area contributed by atoms with Crippen LogP contribution in [0.25, 0.3) is 0 Å². The van der Waals surface area contributed by atoms with Crippen molar-refractivity contribution in [2.75, 3.05) is 19.8 Å². The molecule has 6 aromatic rings. The van der Waals surface area contributed by atoms with Gasteiger partial charge in [-0.1, -0.05) is 36.4 Å². The molecule has 0 unspecified atom stereocenters. The quantitative estimate of drug-likeness (QED) is 0.0473. The standard InChI is InChI=1S/C57H60F3O9S/c1-34-22-46(23-35(2)52(34)64-31-49(61)67-55(7,8)40-16-13-19-43(58)28-40)70(47-24-36(3)53(37(4)25-47)65-32-50(62)68-56(9,10)41-17-14-20-44(59)29-41)48-26-38(5)54(39(6)27-48)66-33-51(63)69-57(11,12)42-18-15-21-45(60)30-42/h13-30H,31-33H2,1-12H3/q+1. The summed E-state index contributed by atoms with van der Waals surface area (Å²) in [5.41, 5.74) is 2.83. The van der Waals surface area contributed by atoms with Crippen LogP contribution in [0.1, 0.15) is 91.6 Å². The molecule has 368 valence electrons. The maximum atomic E-state index is 14.0. The molecule has 0 N–H and O–H groups in total. The molecule has 6 aromatic carbocycles. The van der Waals surface area contributed by atoms with Gasteiger partial charge in [0.1, 0.15) is 51.5 Å². The normalized spacial score (nSPS) is 11.8.